The highest BCUT2D eigenvalue weighted by Crippen LogP contribution is 1.98. The van der Waals surface area contributed by atoms with Crippen molar-refractivity contribution in [1.29, 1.82) is 0 Å². The molecule has 1 aromatic rings. The Morgan fingerprint density at radius 3 is 2.38 bits per heavy atom. The summed E-state index contributed by atoms with van der Waals surface area (Å²) in [4.78, 5) is 22.9. The Kier molecular flexibility index (Phi) is 2.27. The molecule has 0 aliphatic rings. The van der Waals surface area contributed by atoms with Crippen molar-refractivity contribution in [2.45, 2.75) is 20.4 Å². The van der Waals surface area contributed by atoms with E-state index in [-0.39, 0.29) is 11.4 Å². The molecule has 0 saturated carbocycles. The minimum Gasteiger partial charge on any atom is -0.393 e. The van der Waals surface area contributed by atoms with Crippen molar-refractivity contribution in [3.05, 3.63) is 26.5 Å². The molecule has 13 heavy (non-hydrogen) atoms. The molecule has 0 unspecified atom stereocenters. The van der Waals surface area contributed by atoms with Gasteiger partial charge in [-0.1, -0.05) is 0 Å². The monoisotopic (exact) mass is 183 g/mol. The van der Waals surface area contributed by atoms with Gasteiger partial charge in [0.1, 0.15) is 5.69 Å². The van der Waals surface area contributed by atoms with E-state index in [1.165, 1.54) is 4.57 Å². The first-order chi connectivity index (χ1) is 6.00. The fourth-order valence-corrected chi connectivity index (χ4v) is 1.17. The summed E-state index contributed by atoms with van der Waals surface area (Å²) < 4.78 is 2.49. The second kappa shape index (κ2) is 3.08. The van der Waals surface area contributed by atoms with Gasteiger partial charge in [0.2, 0.25) is 0 Å². The third-order valence-corrected chi connectivity index (χ3v) is 2.20. The molecule has 1 rings (SSSR count). The van der Waals surface area contributed by atoms with Gasteiger partial charge < -0.3 is 5.73 Å². The predicted molar refractivity (Wildman–Crippen MR) is 50.8 cm³/mol. The second-order valence-corrected chi connectivity index (χ2v) is 2.89. The average Bonchev–Trinajstić information content (AvgIpc) is 2.13. The number of nitrogens with two attached hydrogens (primary N) is 1. The van der Waals surface area contributed by atoms with Crippen molar-refractivity contribution in [3.8, 4) is 0 Å². The smallest absolute Gasteiger partial charge is 0.331 e. The molecule has 0 bridgehead atoms. The summed E-state index contributed by atoms with van der Waals surface area (Å²) in [5, 5.41) is 0. The van der Waals surface area contributed by atoms with Gasteiger partial charge in [0, 0.05) is 19.3 Å². The first-order valence-electron chi connectivity index (χ1n) is 4.06. The molecule has 0 fully saturated rings. The third kappa shape index (κ3) is 1.26. The molecule has 2 N–H and O–H groups in total. The fraction of sp³-hybridized carbons (Fsp3) is 0.500. The van der Waals surface area contributed by atoms with Crippen molar-refractivity contribution >= 4 is 5.69 Å². The minimum absolute atomic E-state index is 0.143. The maximum Gasteiger partial charge on any atom is 0.331 e. The van der Waals surface area contributed by atoms with Gasteiger partial charge >= 0.3 is 5.69 Å². The van der Waals surface area contributed by atoms with Gasteiger partial charge in [-0.3, -0.25) is 13.9 Å². The van der Waals surface area contributed by atoms with Gasteiger partial charge in [-0.05, 0) is 13.8 Å². The molecule has 0 saturated heterocycles. The Hall–Kier alpha value is -1.52. The highest BCUT2D eigenvalue weighted by atomic mass is 16.2. The van der Waals surface area contributed by atoms with Crippen LogP contribution < -0.4 is 17.0 Å². The van der Waals surface area contributed by atoms with Crippen molar-refractivity contribution in [1.82, 2.24) is 9.13 Å². The van der Waals surface area contributed by atoms with Crippen LogP contribution in [0.4, 0.5) is 5.69 Å². The first-order valence-corrected chi connectivity index (χ1v) is 4.06. The van der Waals surface area contributed by atoms with Crippen LogP contribution in [0.15, 0.2) is 9.59 Å². The van der Waals surface area contributed by atoms with E-state index in [2.05, 4.69) is 0 Å². The van der Waals surface area contributed by atoms with E-state index in [1.54, 1.807) is 20.9 Å². The van der Waals surface area contributed by atoms with Crippen molar-refractivity contribution < 1.29 is 0 Å². The summed E-state index contributed by atoms with van der Waals surface area (Å²) >= 11 is 0. The zero-order valence-electron chi connectivity index (χ0n) is 8.00. The number of rotatable bonds is 1. The Labute approximate surface area is 75.4 Å². The number of nitrogen functional groups attached to an aromatic ring is 1. The lowest BCUT2D eigenvalue weighted by atomic mass is 10.3. The van der Waals surface area contributed by atoms with Crippen LogP contribution in [0.1, 0.15) is 12.6 Å². The second-order valence-electron chi connectivity index (χ2n) is 2.89. The van der Waals surface area contributed by atoms with E-state index in [1.807, 2.05) is 0 Å². The van der Waals surface area contributed by atoms with Crippen molar-refractivity contribution in [2.75, 3.05) is 5.73 Å². The van der Waals surface area contributed by atoms with E-state index < -0.39 is 5.56 Å². The van der Waals surface area contributed by atoms with Crippen molar-refractivity contribution in [2.24, 2.45) is 7.05 Å². The number of nitrogens with zero attached hydrogens (tertiary/aromatic N) is 2. The zero-order valence-corrected chi connectivity index (χ0v) is 8.00. The molecule has 0 atom stereocenters. The molecule has 72 valence electrons. The third-order valence-electron chi connectivity index (χ3n) is 2.20. The quantitative estimate of drug-likeness (QED) is 0.635. The fourth-order valence-electron chi connectivity index (χ4n) is 1.17. The van der Waals surface area contributed by atoms with Crippen LogP contribution in [0.5, 0.6) is 0 Å². The molecular weight excluding hydrogens is 170 g/mol. The molecule has 1 heterocycles. The van der Waals surface area contributed by atoms with Crippen LogP contribution in [0.25, 0.3) is 0 Å². The SMILES string of the molecule is CCn1c(=O)c(N)c(C)n(C)c1=O. The van der Waals surface area contributed by atoms with Crippen LogP contribution >= 0.6 is 0 Å². The molecule has 0 spiro atoms. The summed E-state index contributed by atoms with van der Waals surface area (Å²) in [6.45, 7) is 3.73. The van der Waals surface area contributed by atoms with Crippen LogP contribution in [0.2, 0.25) is 0 Å². The molecule has 0 aliphatic carbocycles. The first kappa shape index (κ1) is 9.57. The van der Waals surface area contributed by atoms with E-state index in [0.29, 0.717) is 12.2 Å². The predicted octanol–water partition coefficient (Wildman–Crippen LogP) is -0.542. The van der Waals surface area contributed by atoms with Gasteiger partial charge in [0.15, 0.2) is 0 Å². The molecule has 0 amide bonds. The minimum atomic E-state index is -0.400. The molecule has 1 aromatic heterocycles. The standard InChI is InChI=1S/C8H13N3O2/c1-4-11-7(12)6(9)5(2)10(3)8(11)13/h4,9H2,1-3H3. The van der Waals surface area contributed by atoms with Crippen LogP contribution in [0.3, 0.4) is 0 Å². The van der Waals surface area contributed by atoms with E-state index in [4.69, 9.17) is 5.73 Å². The lowest BCUT2D eigenvalue weighted by Crippen LogP contribution is -2.40. The largest absolute Gasteiger partial charge is 0.393 e. The Morgan fingerprint density at radius 1 is 1.38 bits per heavy atom. The van der Waals surface area contributed by atoms with E-state index >= 15 is 0 Å². The Morgan fingerprint density at radius 2 is 1.92 bits per heavy atom. The number of hydrogen-bond donors (Lipinski definition) is 1. The number of anilines is 1. The van der Waals surface area contributed by atoms with Gasteiger partial charge in [0.25, 0.3) is 5.56 Å². The molecule has 0 aromatic carbocycles. The summed E-state index contributed by atoms with van der Waals surface area (Å²) in [7, 11) is 1.60. The lowest BCUT2D eigenvalue weighted by Gasteiger charge is -2.09. The maximum atomic E-state index is 11.5. The van der Waals surface area contributed by atoms with Gasteiger partial charge in [-0.15, -0.1) is 0 Å². The number of aromatic nitrogens is 2. The maximum absolute atomic E-state index is 11.5. The Balaban J connectivity index is 3.78. The zero-order chi connectivity index (χ0) is 10.2. The van der Waals surface area contributed by atoms with Crippen LogP contribution in [-0.2, 0) is 13.6 Å². The highest BCUT2D eigenvalue weighted by Gasteiger charge is 2.09. The summed E-state index contributed by atoms with van der Waals surface area (Å²) in [5.41, 5.74) is 5.47. The van der Waals surface area contributed by atoms with Gasteiger partial charge in [-0.2, -0.15) is 0 Å². The lowest BCUT2D eigenvalue weighted by molar-refractivity contribution is 0.614. The van der Waals surface area contributed by atoms with Crippen molar-refractivity contribution in [3.63, 3.8) is 0 Å². The van der Waals surface area contributed by atoms with Crippen LogP contribution in [-0.4, -0.2) is 9.13 Å². The molecule has 5 heteroatoms. The topological polar surface area (TPSA) is 70.0 Å². The highest BCUT2D eigenvalue weighted by molar-refractivity contribution is 5.39. The Bertz CT molecular complexity index is 405. The molecule has 0 radical (unpaired) electrons. The molecular formula is C8H13N3O2. The van der Waals surface area contributed by atoms with Crippen LogP contribution in [0, 0.1) is 6.92 Å². The average molecular weight is 183 g/mol. The van der Waals surface area contributed by atoms with Gasteiger partial charge in [-0.25, -0.2) is 4.79 Å². The van der Waals surface area contributed by atoms with Gasteiger partial charge in [0.05, 0.1) is 0 Å². The molecule has 5 nitrogen and oxygen atoms in total. The van der Waals surface area contributed by atoms with E-state index in [0.717, 1.165) is 4.57 Å². The molecule has 0 aliphatic heterocycles. The summed E-state index contributed by atoms with van der Waals surface area (Å²) in [6.07, 6.45) is 0. The normalized spacial score (nSPS) is 10.4. The van der Waals surface area contributed by atoms with E-state index in [9.17, 15) is 9.59 Å². The summed E-state index contributed by atoms with van der Waals surface area (Å²) in [6, 6.07) is 0. The number of hydrogen-bond acceptors (Lipinski definition) is 3. The summed E-state index contributed by atoms with van der Waals surface area (Å²) in [5.74, 6) is 0.